The van der Waals surface area contributed by atoms with Crippen LogP contribution in [0.5, 0.6) is 0 Å². The van der Waals surface area contributed by atoms with Crippen LogP contribution in [0.25, 0.3) is 11.1 Å². The zero-order valence-corrected chi connectivity index (χ0v) is 13.5. The molecule has 0 bridgehead atoms. The average molecular weight is 313 g/mol. The molecular weight excluding hydrogens is 290 g/mol. The predicted molar refractivity (Wildman–Crippen MR) is 89.3 cm³/mol. The Kier molecular flexibility index (Phi) is 5.13. The molecule has 0 spiro atoms. The van der Waals surface area contributed by atoms with E-state index in [-0.39, 0.29) is 11.9 Å². The number of rotatable bonds is 6. The van der Waals surface area contributed by atoms with Crippen LogP contribution in [0.2, 0.25) is 0 Å². The van der Waals surface area contributed by atoms with Crippen LogP contribution < -0.4 is 5.32 Å². The van der Waals surface area contributed by atoms with Crippen LogP contribution in [0.15, 0.2) is 47.1 Å². The van der Waals surface area contributed by atoms with Crippen LogP contribution in [-0.4, -0.2) is 24.7 Å². The van der Waals surface area contributed by atoms with Gasteiger partial charge in [0.15, 0.2) is 5.76 Å². The molecule has 1 aliphatic rings. The number of hydrogen-bond donors (Lipinski definition) is 1. The topological polar surface area (TPSA) is 51.5 Å². The third kappa shape index (κ3) is 4.02. The summed E-state index contributed by atoms with van der Waals surface area (Å²) in [5, 5.41) is 3.03. The van der Waals surface area contributed by atoms with Gasteiger partial charge in [-0.1, -0.05) is 30.3 Å². The fraction of sp³-hybridized carbons (Fsp3) is 0.421. The van der Waals surface area contributed by atoms with E-state index in [1.54, 1.807) is 6.26 Å². The third-order valence-corrected chi connectivity index (χ3v) is 4.28. The van der Waals surface area contributed by atoms with Gasteiger partial charge >= 0.3 is 0 Å². The van der Waals surface area contributed by atoms with Crippen molar-refractivity contribution in [2.45, 2.75) is 44.8 Å². The number of hydrogen-bond acceptors (Lipinski definition) is 3. The van der Waals surface area contributed by atoms with Crippen molar-refractivity contribution < 1.29 is 13.9 Å². The van der Waals surface area contributed by atoms with Crippen molar-refractivity contribution in [1.82, 2.24) is 5.32 Å². The van der Waals surface area contributed by atoms with Crippen LogP contribution >= 0.6 is 0 Å². The Hall–Kier alpha value is -2.07. The van der Waals surface area contributed by atoms with E-state index in [0.29, 0.717) is 11.9 Å². The molecule has 0 saturated carbocycles. The number of furan rings is 1. The van der Waals surface area contributed by atoms with Gasteiger partial charge in [-0.2, -0.15) is 0 Å². The molecule has 1 aromatic heterocycles. The van der Waals surface area contributed by atoms with Crippen molar-refractivity contribution in [1.29, 1.82) is 0 Å². The maximum atomic E-state index is 12.5. The molecule has 2 heterocycles. The summed E-state index contributed by atoms with van der Waals surface area (Å²) in [5.41, 5.74) is 1.81. The molecule has 1 fully saturated rings. The molecular formula is C19H23NO3. The van der Waals surface area contributed by atoms with Gasteiger partial charge in [-0.15, -0.1) is 0 Å². The summed E-state index contributed by atoms with van der Waals surface area (Å²) in [6.07, 6.45) is 6.12. The Morgan fingerprint density at radius 2 is 2.13 bits per heavy atom. The van der Waals surface area contributed by atoms with Crippen LogP contribution in [-0.2, 0) is 4.74 Å². The van der Waals surface area contributed by atoms with E-state index < -0.39 is 0 Å². The van der Waals surface area contributed by atoms with E-state index in [2.05, 4.69) is 5.32 Å². The number of carbonyl (C=O) groups is 1. The minimum absolute atomic E-state index is 0.0976. The summed E-state index contributed by atoms with van der Waals surface area (Å²) >= 11 is 0. The molecule has 1 amide bonds. The molecule has 122 valence electrons. The van der Waals surface area contributed by atoms with Crippen molar-refractivity contribution in [2.75, 3.05) is 6.61 Å². The molecule has 2 aromatic rings. The second kappa shape index (κ2) is 7.47. The minimum Gasteiger partial charge on any atom is -0.459 e. The first-order valence-electron chi connectivity index (χ1n) is 8.29. The van der Waals surface area contributed by atoms with Crippen LogP contribution in [0, 0.1) is 0 Å². The van der Waals surface area contributed by atoms with E-state index in [1.165, 1.54) is 0 Å². The standard InChI is InChI=1S/C19H23NO3/c1-14(9-10-16-8-5-12-22-16)20-19(21)18-17(11-13-23-18)15-6-3-2-4-7-15/h2-4,6-7,11,13-14,16H,5,8-10,12H2,1H3,(H,20,21)/t14-,16+/m1/s1. The normalized spacial score (nSPS) is 18.7. The highest BCUT2D eigenvalue weighted by Gasteiger charge is 2.20. The quantitative estimate of drug-likeness (QED) is 0.876. The lowest BCUT2D eigenvalue weighted by Crippen LogP contribution is -2.33. The van der Waals surface area contributed by atoms with Gasteiger partial charge in [-0.05, 0) is 44.2 Å². The maximum Gasteiger partial charge on any atom is 0.287 e. The number of nitrogens with one attached hydrogen (secondary N) is 1. The lowest BCUT2D eigenvalue weighted by atomic mass is 10.0. The van der Waals surface area contributed by atoms with Gasteiger partial charge in [0, 0.05) is 18.2 Å². The van der Waals surface area contributed by atoms with Crippen molar-refractivity contribution in [3.8, 4) is 11.1 Å². The monoisotopic (exact) mass is 313 g/mol. The van der Waals surface area contributed by atoms with Gasteiger partial charge < -0.3 is 14.5 Å². The SMILES string of the molecule is C[C@H](CC[C@@H]1CCCO1)NC(=O)c1occc1-c1ccccc1. The van der Waals surface area contributed by atoms with E-state index in [4.69, 9.17) is 9.15 Å². The van der Waals surface area contributed by atoms with E-state index >= 15 is 0 Å². The Bertz CT molecular complexity index is 629. The largest absolute Gasteiger partial charge is 0.459 e. The first-order chi connectivity index (χ1) is 11.2. The fourth-order valence-corrected chi connectivity index (χ4v) is 3.00. The molecule has 0 aliphatic carbocycles. The molecule has 1 saturated heterocycles. The predicted octanol–water partition coefficient (Wildman–Crippen LogP) is 4.02. The fourth-order valence-electron chi connectivity index (χ4n) is 3.00. The van der Waals surface area contributed by atoms with Gasteiger partial charge in [0.25, 0.3) is 5.91 Å². The van der Waals surface area contributed by atoms with Crippen molar-refractivity contribution in [3.05, 3.63) is 48.4 Å². The molecule has 23 heavy (non-hydrogen) atoms. The summed E-state index contributed by atoms with van der Waals surface area (Å²) < 4.78 is 11.0. The van der Waals surface area contributed by atoms with Crippen molar-refractivity contribution in [3.63, 3.8) is 0 Å². The minimum atomic E-state index is -0.159. The van der Waals surface area contributed by atoms with Gasteiger partial charge in [0.1, 0.15) is 0 Å². The molecule has 3 rings (SSSR count). The second-order valence-electron chi connectivity index (χ2n) is 6.12. The van der Waals surface area contributed by atoms with Gasteiger partial charge in [-0.25, -0.2) is 0 Å². The molecule has 1 aromatic carbocycles. The summed E-state index contributed by atoms with van der Waals surface area (Å²) in [7, 11) is 0. The van der Waals surface area contributed by atoms with Crippen LogP contribution in [0.1, 0.15) is 43.2 Å². The molecule has 0 radical (unpaired) electrons. The number of amides is 1. The molecule has 4 nitrogen and oxygen atoms in total. The van der Waals surface area contributed by atoms with Crippen molar-refractivity contribution >= 4 is 5.91 Å². The summed E-state index contributed by atoms with van der Waals surface area (Å²) in [6.45, 7) is 2.90. The zero-order valence-electron chi connectivity index (χ0n) is 13.5. The van der Waals surface area contributed by atoms with Crippen LogP contribution in [0.4, 0.5) is 0 Å². The van der Waals surface area contributed by atoms with Gasteiger partial charge in [0.05, 0.1) is 12.4 Å². The average Bonchev–Trinajstić information content (AvgIpc) is 3.25. The maximum absolute atomic E-state index is 12.5. The molecule has 4 heteroatoms. The van der Waals surface area contributed by atoms with E-state index in [0.717, 1.165) is 43.4 Å². The van der Waals surface area contributed by atoms with Gasteiger partial charge in [-0.3, -0.25) is 4.79 Å². The number of carbonyl (C=O) groups excluding carboxylic acids is 1. The molecule has 1 N–H and O–H groups in total. The third-order valence-electron chi connectivity index (χ3n) is 4.28. The highest BCUT2D eigenvalue weighted by atomic mass is 16.5. The number of benzene rings is 1. The summed E-state index contributed by atoms with van der Waals surface area (Å²) in [4.78, 5) is 12.5. The Morgan fingerprint density at radius 1 is 1.30 bits per heavy atom. The first kappa shape index (κ1) is 15.8. The lowest BCUT2D eigenvalue weighted by Gasteiger charge is -2.16. The van der Waals surface area contributed by atoms with Gasteiger partial charge in [0.2, 0.25) is 0 Å². The highest BCUT2D eigenvalue weighted by Crippen LogP contribution is 2.25. The molecule has 1 aliphatic heterocycles. The highest BCUT2D eigenvalue weighted by molar-refractivity contribution is 5.98. The number of ether oxygens (including phenoxy) is 1. The van der Waals surface area contributed by atoms with Crippen LogP contribution in [0.3, 0.4) is 0 Å². The summed E-state index contributed by atoms with van der Waals surface area (Å²) in [6, 6.07) is 11.7. The van der Waals surface area contributed by atoms with E-state index in [1.807, 2.05) is 43.3 Å². The summed E-state index contributed by atoms with van der Waals surface area (Å²) in [5.74, 6) is 0.217. The Labute approximate surface area is 136 Å². The Morgan fingerprint density at radius 3 is 2.87 bits per heavy atom. The zero-order chi connectivity index (χ0) is 16.1. The first-order valence-corrected chi connectivity index (χ1v) is 8.29. The molecule has 0 unspecified atom stereocenters. The molecule has 2 atom stereocenters. The van der Waals surface area contributed by atoms with E-state index in [9.17, 15) is 4.79 Å². The lowest BCUT2D eigenvalue weighted by molar-refractivity contribution is 0.0878. The second-order valence-corrected chi connectivity index (χ2v) is 6.12. The van der Waals surface area contributed by atoms with Crippen molar-refractivity contribution in [2.24, 2.45) is 0 Å². The smallest absolute Gasteiger partial charge is 0.287 e. The Balaban J connectivity index is 1.59.